The van der Waals surface area contributed by atoms with E-state index in [0.29, 0.717) is 5.69 Å². The van der Waals surface area contributed by atoms with Gasteiger partial charge in [0.25, 0.3) is 0 Å². The Morgan fingerprint density at radius 3 is 2.83 bits per heavy atom. The molecule has 0 bridgehead atoms. The second-order valence-electron chi connectivity index (χ2n) is 2.12. The van der Waals surface area contributed by atoms with Crippen molar-refractivity contribution in [3.63, 3.8) is 0 Å². The minimum absolute atomic E-state index is 0.0661. The van der Waals surface area contributed by atoms with Crippen LogP contribution in [0.2, 0.25) is 0 Å². The molecular weight excluding hydrogens is 180 g/mol. The fourth-order valence-electron chi connectivity index (χ4n) is 0.602. The molecule has 0 N–H and O–H groups in total. The second-order valence-corrected chi connectivity index (χ2v) is 2.76. The van der Waals surface area contributed by atoms with Crippen LogP contribution in [0.1, 0.15) is 11.4 Å². The SMILES string of the molecule is Cc1cnc(COS(=O)[O-])cn1. The van der Waals surface area contributed by atoms with Crippen LogP contribution < -0.4 is 0 Å². The highest BCUT2D eigenvalue weighted by Gasteiger charge is 1.94. The van der Waals surface area contributed by atoms with Crippen molar-refractivity contribution in [3.05, 3.63) is 23.8 Å². The molecule has 0 fully saturated rings. The summed E-state index contributed by atoms with van der Waals surface area (Å²) in [5.41, 5.74) is 1.27. The monoisotopic (exact) mass is 187 g/mol. The Kier molecular flexibility index (Phi) is 3.27. The number of hydrogen-bond acceptors (Lipinski definition) is 5. The van der Waals surface area contributed by atoms with Gasteiger partial charge in [0, 0.05) is 6.20 Å². The van der Waals surface area contributed by atoms with E-state index >= 15 is 0 Å². The van der Waals surface area contributed by atoms with Crippen LogP contribution in [0.3, 0.4) is 0 Å². The van der Waals surface area contributed by atoms with E-state index in [2.05, 4.69) is 14.2 Å². The highest BCUT2D eigenvalue weighted by molar-refractivity contribution is 7.74. The van der Waals surface area contributed by atoms with Gasteiger partial charge in [-0.05, 0) is 6.92 Å². The molecule has 0 saturated carbocycles. The molecule has 66 valence electrons. The van der Waals surface area contributed by atoms with Gasteiger partial charge in [-0.15, -0.1) is 0 Å². The van der Waals surface area contributed by atoms with E-state index in [1.165, 1.54) is 6.20 Å². The first-order chi connectivity index (χ1) is 5.68. The summed E-state index contributed by atoms with van der Waals surface area (Å²) in [6, 6.07) is 0. The lowest BCUT2D eigenvalue weighted by Gasteiger charge is -2.04. The molecule has 1 aromatic heterocycles. The molecule has 0 aliphatic heterocycles. The van der Waals surface area contributed by atoms with E-state index in [-0.39, 0.29) is 6.61 Å². The average Bonchev–Trinajstić information content (AvgIpc) is 2.03. The molecule has 1 heterocycles. The second kappa shape index (κ2) is 4.24. The Bertz CT molecular complexity index is 275. The first-order valence-corrected chi connectivity index (χ1v) is 4.18. The highest BCUT2D eigenvalue weighted by Crippen LogP contribution is 1.96. The topological polar surface area (TPSA) is 75.1 Å². The average molecular weight is 187 g/mol. The van der Waals surface area contributed by atoms with E-state index in [0.717, 1.165) is 5.69 Å². The molecule has 1 atom stereocenters. The standard InChI is InChI=1S/C6H8N2O3S/c1-5-2-8-6(3-7-5)4-11-12(9)10/h2-3H,4H2,1H3,(H,9,10)/p-1. The smallest absolute Gasteiger partial charge is 0.107 e. The quantitative estimate of drug-likeness (QED) is 0.627. The fourth-order valence-corrected chi connectivity index (χ4v) is 0.819. The predicted octanol–water partition coefficient (Wildman–Crippen LogP) is 0.0957. The molecule has 0 saturated heterocycles. The molecule has 0 aliphatic rings. The van der Waals surface area contributed by atoms with Crippen LogP contribution in [-0.2, 0) is 22.2 Å². The van der Waals surface area contributed by atoms with Gasteiger partial charge in [-0.25, -0.2) is 4.21 Å². The lowest BCUT2D eigenvalue weighted by atomic mass is 10.4. The van der Waals surface area contributed by atoms with E-state index in [4.69, 9.17) is 0 Å². The van der Waals surface area contributed by atoms with Crippen molar-refractivity contribution in [2.75, 3.05) is 0 Å². The van der Waals surface area contributed by atoms with Crippen LogP contribution in [0.15, 0.2) is 12.4 Å². The normalized spacial score (nSPS) is 12.8. The van der Waals surface area contributed by atoms with Crippen molar-refractivity contribution in [2.24, 2.45) is 0 Å². The molecule has 0 spiro atoms. The Morgan fingerprint density at radius 2 is 2.33 bits per heavy atom. The van der Waals surface area contributed by atoms with Gasteiger partial charge < -0.3 is 4.55 Å². The van der Waals surface area contributed by atoms with Crippen LogP contribution in [0.4, 0.5) is 0 Å². The van der Waals surface area contributed by atoms with Gasteiger partial charge in [-0.1, -0.05) is 0 Å². The van der Waals surface area contributed by atoms with Crippen molar-refractivity contribution in [2.45, 2.75) is 13.5 Å². The molecule has 1 unspecified atom stereocenters. The van der Waals surface area contributed by atoms with Crippen LogP contribution in [0, 0.1) is 6.92 Å². The van der Waals surface area contributed by atoms with Crippen LogP contribution in [0.5, 0.6) is 0 Å². The molecule has 6 heteroatoms. The van der Waals surface area contributed by atoms with Gasteiger partial charge in [-0.2, -0.15) is 0 Å². The molecule has 0 aromatic carbocycles. The van der Waals surface area contributed by atoms with Crippen molar-refractivity contribution in [1.29, 1.82) is 0 Å². The Balaban J connectivity index is 2.53. The Hall–Kier alpha value is -0.850. The van der Waals surface area contributed by atoms with E-state index in [1.54, 1.807) is 13.1 Å². The Morgan fingerprint density at radius 1 is 1.58 bits per heavy atom. The number of nitrogens with zero attached hydrogens (tertiary/aromatic N) is 2. The Labute approximate surface area is 72.3 Å². The van der Waals surface area contributed by atoms with Gasteiger partial charge in [0.15, 0.2) is 0 Å². The first-order valence-electron chi connectivity index (χ1n) is 3.18. The summed E-state index contributed by atoms with van der Waals surface area (Å²) in [6.07, 6.45) is 3.02. The van der Waals surface area contributed by atoms with Gasteiger partial charge in [-0.3, -0.25) is 14.2 Å². The molecule has 0 amide bonds. The molecule has 12 heavy (non-hydrogen) atoms. The summed E-state index contributed by atoms with van der Waals surface area (Å²) in [5.74, 6) is 0. The lowest BCUT2D eigenvalue weighted by molar-refractivity contribution is 0.286. The van der Waals surface area contributed by atoms with E-state index in [9.17, 15) is 8.76 Å². The van der Waals surface area contributed by atoms with Crippen molar-refractivity contribution >= 4 is 11.4 Å². The fraction of sp³-hybridized carbons (Fsp3) is 0.333. The van der Waals surface area contributed by atoms with Gasteiger partial charge in [0.05, 0.1) is 28.9 Å². The predicted molar refractivity (Wildman–Crippen MR) is 40.5 cm³/mol. The van der Waals surface area contributed by atoms with Gasteiger partial charge >= 0.3 is 0 Å². The minimum atomic E-state index is -2.49. The van der Waals surface area contributed by atoms with Crippen LogP contribution in [-0.4, -0.2) is 18.7 Å². The van der Waals surface area contributed by atoms with Gasteiger partial charge in [0.2, 0.25) is 0 Å². The largest absolute Gasteiger partial charge is 0.750 e. The summed E-state index contributed by atoms with van der Waals surface area (Å²) < 4.78 is 24.2. The molecule has 1 aromatic rings. The first kappa shape index (κ1) is 9.24. The third-order valence-corrected chi connectivity index (χ3v) is 1.45. The lowest BCUT2D eigenvalue weighted by Crippen LogP contribution is -1.99. The zero-order valence-corrected chi connectivity index (χ0v) is 7.21. The zero-order chi connectivity index (χ0) is 8.97. The summed E-state index contributed by atoms with van der Waals surface area (Å²) in [6.45, 7) is 1.73. The molecular formula is C6H7N2O3S-. The molecule has 0 radical (unpaired) electrons. The molecule has 5 nitrogen and oxygen atoms in total. The maximum atomic E-state index is 9.97. The summed E-state index contributed by atoms with van der Waals surface area (Å²) in [5, 5.41) is 0. The maximum absolute atomic E-state index is 9.97. The highest BCUT2D eigenvalue weighted by atomic mass is 32.2. The zero-order valence-electron chi connectivity index (χ0n) is 6.39. The van der Waals surface area contributed by atoms with Gasteiger partial charge in [0.1, 0.15) is 6.61 Å². The molecule has 1 rings (SSSR count). The third kappa shape index (κ3) is 3.04. The van der Waals surface area contributed by atoms with Crippen molar-refractivity contribution in [3.8, 4) is 0 Å². The maximum Gasteiger partial charge on any atom is 0.107 e. The number of aryl methyl sites for hydroxylation is 1. The molecule has 0 aliphatic carbocycles. The number of aromatic nitrogens is 2. The van der Waals surface area contributed by atoms with Crippen molar-refractivity contribution < 1.29 is 12.9 Å². The summed E-state index contributed by atoms with van der Waals surface area (Å²) in [4.78, 5) is 7.80. The number of hydrogen-bond donors (Lipinski definition) is 0. The van der Waals surface area contributed by atoms with Crippen LogP contribution >= 0.6 is 0 Å². The minimum Gasteiger partial charge on any atom is -0.750 e. The number of rotatable bonds is 3. The summed E-state index contributed by atoms with van der Waals surface area (Å²) in [7, 11) is 0. The third-order valence-electron chi connectivity index (χ3n) is 1.14. The van der Waals surface area contributed by atoms with E-state index in [1.807, 2.05) is 0 Å². The van der Waals surface area contributed by atoms with E-state index < -0.39 is 11.4 Å². The van der Waals surface area contributed by atoms with Crippen molar-refractivity contribution in [1.82, 2.24) is 9.97 Å². The summed E-state index contributed by atoms with van der Waals surface area (Å²) >= 11 is -2.49. The van der Waals surface area contributed by atoms with Crippen LogP contribution in [0.25, 0.3) is 0 Å².